The quantitative estimate of drug-likeness (QED) is 0.734. The summed E-state index contributed by atoms with van der Waals surface area (Å²) in [6, 6.07) is 12.0. The van der Waals surface area contributed by atoms with Gasteiger partial charge >= 0.3 is 5.97 Å². The van der Waals surface area contributed by atoms with Gasteiger partial charge in [0.25, 0.3) is 0 Å². The number of H-pyrrole nitrogens is 1. The highest BCUT2D eigenvalue weighted by molar-refractivity contribution is 6.05. The maximum absolute atomic E-state index is 13.0. The molecule has 0 aliphatic carbocycles. The lowest BCUT2D eigenvalue weighted by atomic mass is 10.0. The predicted molar refractivity (Wildman–Crippen MR) is 79.6 cm³/mol. The summed E-state index contributed by atoms with van der Waals surface area (Å²) < 4.78 is 18.0. The lowest BCUT2D eigenvalue weighted by molar-refractivity contribution is 0.0529. The molecule has 0 saturated carbocycles. The van der Waals surface area contributed by atoms with E-state index in [1.165, 1.54) is 12.1 Å². The van der Waals surface area contributed by atoms with Gasteiger partial charge in [0.05, 0.1) is 12.2 Å². The van der Waals surface area contributed by atoms with Gasteiger partial charge in [0.1, 0.15) is 5.82 Å². The molecule has 0 fully saturated rings. The third-order valence-corrected chi connectivity index (χ3v) is 3.35. The number of carbonyl (C=O) groups excluding carboxylic acids is 1. The van der Waals surface area contributed by atoms with E-state index in [1.807, 2.05) is 18.2 Å². The van der Waals surface area contributed by atoms with Crippen LogP contribution in [0.2, 0.25) is 0 Å². The SMILES string of the molecule is CCOC(=O)c1c[nH]c2ccc(-c3ccc(F)cc3)cc12. The zero-order valence-electron chi connectivity index (χ0n) is 11.5. The first-order chi connectivity index (χ1) is 10.2. The molecule has 0 unspecified atom stereocenters. The van der Waals surface area contributed by atoms with Gasteiger partial charge in [-0.2, -0.15) is 0 Å². The second-order valence-electron chi connectivity index (χ2n) is 4.69. The number of fused-ring (bicyclic) bond motifs is 1. The minimum absolute atomic E-state index is 0.270. The van der Waals surface area contributed by atoms with E-state index >= 15 is 0 Å². The van der Waals surface area contributed by atoms with Crippen LogP contribution < -0.4 is 0 Å². The molecule has 0 atom stereocenters. The van der Waals surface area contributed by atoms with E-state index < -0.39 is 0 Å². The van der Waals surface area contributed by atoms with E-state index in [0.29, 0.717) is 12.2 Å². The first-order valence-electron chi connectivity index (χ1n) is 6.73. The van der Waals surface area contributed by atoms with E-state index in [-0.39, 0.29) is 11.8 Å². The summed E-state index contributed by atoms with van der Waals surface area (Å²) in [4.78, 5) is 15.0. The molecule has 2 aromatic carbocycles. The fourth-order valence-corrected chi connectivity index (χ4v) is 2.32. The van der Waals surface area contributed by atoms with E-state index in [1.54, 1.807) is 25.3 Å². The number of benzene rings is 2. The normalized spacial score (nSPS) is 10.8. The van der Waals surface area contributed by atoms with Crippen LogP contribution in [0.3, 0.4) is 0 Å². The number of carbonyl (C=O) groups is 1. The molecule has 0 aliphatic rings. The Morgan fingerprint density at radius 3 is 2.57 bits per heavy atom. The van der Waals surface area contributed by atoms with Crippen molar-refractivity contribution in [3.05, 3.63) is 60.0 Å². The molecule has 0 aliphatic heterocycles. The largest absolute Gasteiger partial charge is 0.462 e. The monoisotopic (exact) mass is 283 g/mol. The van der Waals surface area contributed by atoms with Crippen molar-refractivity contribution in [3.63, 3.8) is 0 Å². The van der Waals surface area contributed by atoms with Gasteiger partial charge in [0, 0.05) is 17.1 Å². The van der Waals surface area contributed by atoms with Crippen LogP contribution in [0.5, 0.6) is 0 Å². The number of aromatic amines is 1. The maximum atomic E-state index is 13.0. The van der Waals surface area contributed by atoms with Gasteiger partial charge in [-0.15, -0.1) is 0 Å². The summed E-state index contributed by atoms with van der Waals surface area (Å²) >= 11 is 0. The van der Waals surface area contributed by atoms with Crippen LogP contribution in [-0.4, -0.2) is 17.6 Å². The first-order valence-corrected chi connectivity index (χ1v) is 6.73. The van der Waals surface area contributed by atoms with E-state index in [9.17, 15) is 9.18 Å². The number of hydrogen-bond acceptors (Lipinski definition) is 2. The van der Waals surface area contributed by atoms with Gasteiger partial charge in [0.15, 0.2) is 0 Å². The minimum Gasteiger partial charge on any atom is -0.462 e. The van der Waals surface area contributed by atoms with Crippen LogP contribution >= 0.6 is 0 Å². The smallest absolute Gasteiger partial charge is 0.340 e. The number of esters is 1. The Hall–Kier alpha value is -2.62. The molecule has 0 amide bonds. The molecule has 4 heteroatoms. The van der Waals surface area contributed by atoms with Crippen LogP contribution in [0.15, 0.2) is 48.7 Å². The van der Waals surface area contributed by atoms with Crippen molar-refractivity contribution in [2.24, 2.45) is 0 Å². The second-order valence-corrected chi connectivity index (χ2v) is 4.69. The maximum Gasteiger partial charge on any atom is 0.340 e. The Bertz CT molecular complexity index is 790. The lowest BCUT2D eigenvalue weighted by Crippen LogP contribution is -2.03. The molecule has 106 valence electrons. The number of aromatic nitrogens is 1. The minimum atomic E-state index is -0.347. The van der Waals surface area contributed by atoms with Crippen molar-refractivity contribution in [3.8, 4) is 11.1 Å². The third-order valence-electron chi connectivity index (χ3n) is 3.35. The van der Waals surface area contributed by atoms with Crippen molar-refractivity contribution in [1.82, 2.24) is 4.98 Å². The predicted octanol–water partition coefficient (Wildman–Crippen LogP) is 4.15. The van der Waals surface area contributed by atoms with Crippen LogP contribution in [0, 0.1) is 5.82 Å². The average molecular weight is 283 g/mol. The summed E-state index contributed by atoms with van der Waals surface area (Å²) in [5.41, 5.74) is 3.20. The molecule has 3 rings (SSSR count). The zero-order chi connectivity index (χ0) is 14.8. The van der Waals surface area contributed by atoms with Crippen LogP contribution in [-0.2, 0) is 4.74 Å². The zero-order valence-corrected chi connectivity index (χ0v) is 11.5. The highest BCUT2D eigenvalue weighted by Gasteiger charge is 2.13. The number of rotatable bonds is 3. The Balaban J connectivity index is 2.08. The summed E-state index contributed by atoms with van der Waals surface area (Å²) in [6.45, 7) is 2.11. The average Bonchev–Trinajstić information content (AvgIpc) is 2.91. The van der Waals surface area contributed by atoms with Crippen molar-refractivity contribution >= 4 is 16.9 Å². The molecule has 0 radical (unpaired) electrons. The third kappa shape index (κ3) is 2.52. The molecule has 1 aromatic heterocycles. The summed E-state index contributed by atoms with van der Waals surface area (Å²) in [7, 11) is 0. The topological polar surface area (TPSA) is 42.1 Å². The van der Waals surface area contributed by atoms with Crippen molar-refractivity contribution < 1.29 is 13.9 Å². The summed E-state index contributed by atoms with van der Waals surface area (Å²) in [5, 5.41) is 0.801. The molecule has 21 heavy (non-hydrogen) atoms. The summed E-state index contributed by atoms with van der Waals surface area (Å²) in [6.07, 6.45) is 1.65. The molecule has 0 spiro atoms. The van der Waals surface area contributed by atoms with Crippen LogP contribution in [0.1, 0.15) is 17.3 Å². The second kappa shape index (κ2) is 5.40. The molecule has 1 heterocycles. The Kier molecular flexibility index (Phi) is 3.44. The van der Waals surface area contributed by atoms with Crippen LogP contribution in [0.25, 0.3) is 22.0 Å². The van der Waals surface area contributed by atoms with Crippen molar-refractivity contribution in [1.29, 1.82) is 0 Å². The fraction of sp³-hybridized carbons (Fsp3) is 0.118. The fourth-order valence-electron chi connectivity index (χ4n) is 2.32. The molecular formula is C17H14FNO2. The Morgan fingerprint density at radius 2 is 1.86 bits per heavy atom. The first kappa shape index (κ1) is 13.4. The summed E-state index contributed by atoms with van der Waals surface area (Å²) in [5.74, 6) is -0.617. The standard InChI is InChI=1S/C17H14FNO2/c1-2-21-17(20)15-10-19-16-8-5-12(9-14(15)16)11-3-6-13(18)7-4-11/h3-10,19H,2H2,1H3. The van der Waals surface area contributed by atoms with E-state index in [2.05, 4.69) is 4.98 Å². The van der Waals surface area contributed by atoms with Gasteiger partial charge < -0.3 is 9.72 Å². The van der Waals surface area contributed by atoms with Crippen LogP contribution in [0.4, 0.5) is 4.39 Å². The van der Waals surface area contributed by atoms with Gasteiger partial charge in [-0.05, 0) is 42.3 Å². The van der Waals surface area contributed by atoms with Gasteiger partial charge in [-0.25, -0.2) is 9.18 Å². The molecule has 3 aromatic rings. The van der Waals surface area contributed by atoms with Crippen molar-refractivity contribution in [2.45, 2.75) is 6.92 Å². The van der Waals surface area contributed by atoms with E-state index in [0.717, 1.165) is 22.0 Å². The number of nitrogens with one attached hydrogen (secondary N) is 1. The molecule has 1 N–H and O–H groups in total. The molecule has 0 bridgehead atoms. The number of halogens is 1. The van der Waals surface area contributed by atoms with Gasteiger partial charge in [-0.3, -0.25) is 0 Å². The Labute approximate surface area is 121 Å². The Morgan fingerprint density at radius 1 is 1.14 bits per heavy atom. The van der Waals surface area contributed by atoms with Gasteiger partial charge in [-0.1, -0.05) is 18.2 Å². The number of ether oxygens (including phenoxy) is 1. The lowest BCUT2D eigenvalue weighted by Gasteiger charge is -2.04. The highest BCUT2D eigenvalue weighted by atomic mass is 19.1. The van der Waals surface area contributed by atoms with E-state index in [4.69, 9.17) is 4.74 Å². The molecule has 3 nitrogen and oxygen atoms in total. The highest BCUT2D eigenvalue weighted by Crippen LogP contribution is 2.27. The van der Waals surface area contributed by atoms with Crippen molar-refractivity contribution in [2.75, 3.05) is 6.61 Å². The molecular weight excluding hydrogens is 269 g/mol. The number of hydrogen-bond donors (Lipinski definition) is 1. The molecule has 0 saturated heterocycles. The van der Waals surface area contributed by atoms with Gasteiger partial charge in [0.2, 0.25) is 0 Å².